The van der Waals surface area contributed by atoms with Crippen molar-refractivity contribution in [2.45, 2.75) is 11.4 Å². The molecule has 0 atom stereocenters. The van der Waals surface area contributed by atoms with Crippen LogP contribution in [0.3, 0.4) is 0 Å². The summed E-state index contributed by atoms with van der Waals surface area (Å²) in [5.74, 6) is 0. The highest BCUT2D eigenvalue weighted by Gasteiger charge is 2.19. The van der Waals surface area contributed by atoms with E-state index in [2.05, 4.69) is 32.6 Å². The molecule has 2 aromatic carbocycles. The fraction of sp³-hybridized carbons (Fsp3) is 0.143. The topological polar surface area (TPSA) is 58.2 Å². The first kappa shape index (κ1) is 16.5. The second kappa shape index (κ2) is 6.95. The van der Waals surface area contributed by atoms with Crippen molar-refractivity contribution in [3.05, 3.63) is 56.6 Å². The number of halogens is 2. The molecular formula is C14H14ClIN2O2S. The molecule has 0 aliphatic heterocycles. The van der Waals surface area contributed by atoms with Gasteiger partial charge in [0.25, 0.3) is 10.0 Å². The van der Waals surface area contributed by atoms with Gasteiger partial charge in [-0.15, -0.1) is 0 Å². The van der Waals surface area contributed by atoms with E-state index in [0.717, 1.165) is 9.13 Å². The summed E-state index contributed by atoms with van der Waals surface area (Å²) < 4.78 is 28.4. The van der Waals surface area contributed by atoms with Crippen LogP contribution in [0.5, 0.6) is 0 Å². The molecule has 0 aromatic heterocycles. The molecule has 0 fully saturated rings. The lowest BCUT2D eigenvalue weighted by atomic mass is 10.2. The zero-order valence-electron chi connectivity index (χ0n) is 11.2. The molecule has 0 radical (unpaired) electrons. The summed E-state index contributed by atoms with van der Waals surface area (Å²) in [6.45, 7) is 0.572. The molecule has 2 rings (SSSR count). The van der Waals surface area contributed by atoms with Gasteiger partial charge in [0.2, 0.25) is 0 Å². The Morgan fingerprint density at radius 1 is 1.19 bits per heavy atom. The van der Waals surface area contributed by atoms with Crippen molar-refractivity contribution < 1.29 is 8.42 Å². The van der Waals surface area contributed by atoms with E-state index >= 15 is 0 Å². The van der Waals surface area contributed by atoms with Gasteiger partial charge in [0, 0.05) is 10.1 Å². The Morgan fingerprint density at radius 2 is 1.90 bits per heavy atom. The minimum Gasteiger partial charge on any atom is -0.316 e. The number of nitrogens with one attached hydrogen (secondary N) is 2. The molecule has 4 nitrogen and oxygen atoms in total. The molecule has 0 heterocycles. The highest BCUT2D eigenvalue weighted by atomic mass is 127. The van der Waals surface area contributed by atoms with Gasteiger partial charge in [-0.2, -0.15) is 0 Å². The van der Waals surface area contributed by atoms with Crippen LogP contribution in [0.2, 0.25) is 5.02 Å². The number of anilines is 1. The maximum absolute atomic E-state index is 12.5. The smallest absolute Gasteiger partial charge is 0.263 e. The first-order valence-electron chi connectivity index (χ1n) is 6.14. The molecule has 0 bridgehead atoms. The minimum absolute atomic E-state index is 0.0802. The van der Waals surface area contributed by atoms with Crippen LogP contribution in [-0.4, -0.2) is 15.5 Å². The molecule has 0 saturated carbocycles. The Morgan fingerprint density at radius 3 is 2.57 bits per heavy atom. The zero-order valence-corrected chi connectivity index (χ0v) is 15.0. The van der Waals surface area contributed by atoms with Crippen LogP contribution in [0.1, 0.15) is 5.56 Å². The van der Waals surface area contributed by atoms with E-state index < -0.39 is 10.0 Å². The Labute approximate surface area is 143 Å². The average molecular weight is 437 g/mol. The molecule has 21 heavy (non-hydrogen) atoms. The molecule has 0 saturated heterocycles. The predicted molar refractivity (Wildman–Crippen MR) is 94.2 cm³/mol. The number of rotatable bonds is 5. The summed E-state index contributed by atoms with van der Waals surface area (Å²) in [7, 11) is -1.92. The largest absolute Gasteiger partial charge is 0.316 e. The van der Waals surface area contributed by atoms with Crippen molar-refractivity contribution in [2.24, 2.45) is 0 Å². The quantitative estimate of drug-likeness (QED) is 0.706. The van der Waals surface area contributed by atoms with Gasteiger partial charge >= 0.3 is 0 Å². The van der Waals surface area contributed by atoms with Crippen LogP contribution in [0, 0.1) is 3.57 Å². The van der Waals surface area contributed by atoms with E-state index in [0.29, 0.717) is 12.2 Å². The molecule has 0 amide bonds. The summed E-state index contributed by atoms with van der Waals surface area (Å²) >= 11 is 8.12. The molecule has 2 N–H and O–H groups in total. The predicted octanol–water partition coefficient (Wildman–Crippen LogP) is 3.46. The van der Waals surface area contributed by atoms with Crippen LogP contribution < -0.4 is 10.0 Å². The van der Waals surface area contributed by atoms with E-state index in [1.54, 1.807) is 37.4 Å². The second-order valence-electron chi connectivity index (χ2n) is 4.38. The van der Waals surface area contributed by atoms with E-state index in [9.17, 15) is 8.42 Å². The number of benzene rings is 2. The molecule has 112 valence electrons. The van der Waals surface area contributed by atoms with Gasteiger partial charge in [0.15, 0.2) is 0 Å². The van der Waals surface area contributed by atoms with Gasteiger partial charge in [-0.05, 0) is 59.5 Å². The van der Waals surface area contributed by atoms with E-state index in [1.807, 2.05) is 12.1 Å². The minimum atomic E-state index is -3.72. The lowest BCUT2D eigenvalue weighted by Gasteiger charge is -2.12. The summed E-state index contributed by atoms with van der Waals surface area (Å²) in [5.41, 5.74) is 1.39. The summed E-state index contributed by atoms with van der Waals surface area (Å²) in [5, 5.41) is 3.18. The molecular weight excluding hydrogens is 423 g/mol. The van der Waals surface area contributed by atoms with Crippen LogP contribution in [0.15, 0.2) is 47.4 Å². The number of hydrogen-bond acceptors (Lipinski definition) is 3. The highest BCUT2D eigenvalue weighted by molar-refractivity contribution is 14.1. The third-order valence-electron chi connectivity index (χ3n) is 2.78. The Bertz CT molecular complexity index is 750. The average Bonchev–Trinajstić information content (AvgIpc) is 2.43. The lowest BCUT2D eigenvalue weighted by Crippen LogP contribution is -2.15. The Hall–Kier alpha value is -0.830. The Kier molecular flexibility index (Phi) is 5.48. The number of hydrogen-bond donors (Lipinski definition) is 2. The number of sulfonamides is 1. The van der Waals surface area contributed by atoms with Gasteiger partial charge in [-0.3, -0.25) is 4.72 Å². The lowest BCUT2D eigenvalue weighted by molar-refractivity contribution is 0.601. The molecule has 0 spiro atoms. The van der Waals surface area contributed by atoms with Crippen LogP contribution >= 0.6 is 34.2 Å². The maximum Gasteiger partial charge on any atom is 0.263 e. The molecule has 0 unspecified atom stereocenters. The van der Waals surface area contributed by atoms with E-state index in [4.69, 9.17) is 11.6 Å². The fourth-order valence-electron chi connectivity index (χ4n) is 1.81. The van der Waals surface area contributed by atoms with Crippen molar-refractivity contribution in [3.63, 3.8) is 0 Å². The van der Waals surface area contributed by atoms with Crippen molar-refractivity contribution in [3.8, 4) is 0 Å². The molecule has 7 heteroatoms. The van der Waals surface area contributed by atoms with Crippen molar-refractivity contribution >= 4 is 49.9 Å². The summed E-state index contributed by atoms with van der Waals surface area (Å²) in [4.78, 5) is 0.0802. The first-order valence-corrected chi connectivity index (χ1v) is 9.08. The zero-order chi connectivity index (χ0) is 15.5. The fourth-order valence-corrected chi connectivity index (χ4v) is 4.15. The van der Waals surface area contributed by atoms with Gasteiger partial charge < -0.3 is 5.32 Å². The maximum atomic E-state index is 12.5. The molecule has 0 aliphatic carbocycles. The second-order valence-corrected chi connectivity index (χ2v) is 7.60. The van der Waals surface area contributed by atoms with Crippen molar-refractivity contribution in [2.75, 3.05) is 11.8 Å². The van der Waals surface area contributed by atoms with Crippen molar-refractivity contribution in [1.29, 1.82) is 0 Å². The van der Waals surface area contributed by atoms with E-state index in [1.165, 1.54) is 0 Å². The van der Waals surface area contributed by atoms with Crippen molar-refractivity contribution in [1.82, 2.24) is 5.32 Å². The molecule has 2 aromatic rings. The van der Waals surface area contributed by atoms with E-state index in [-0.39, 0.29) is 9.92 Å². The summed E-state index contributed by atoms with van der Waals surface area (Å²) in [6, 6.07) is 12.1. The normalized spacial score (nSPS) is 11.4. The van der Waals surface area contributed by atoms with Crippen LogP contribution in [0.4, 0.5) is 5.69 Å². The van der Waals surface area contributed by atoms with Gasteiger partial charge in [0.05, 0.1) is 10.7 Å². The first-order chi connectivity index (χ1) is 9.94. The van der Waals surface area contributed by atoms with Crippen LogP contribution in [-0.2, 0) is 16.6 Å². The SMILES string of the molecule is CNCc1ccc(Cl)c(S(=O)(=O)Nc2ccccc2I)c1. The van der Waals surface area contributed by atoms with Gasteiger partial charge in [-0.25, -0.2) is 8.42 Å². The summed E-state index contributed by atoms with van der Waals surface area (Å²) in [6.07, 6.45) is 0. The standard InChI is InChI=1S/C14H14ClIN2O2S/c1-17-9-10-6-7-11(15)14(8-10)21(19,20)18-13-5-3-2-4-12(13)16/h2-8,17-18H,9H2,1H3. The highest BCUT2D eigenvalue weighted by Crippen LogP contribution is 2.26. The van der Waals surface area contributed by atoms with Crippen LogP contribution in [0.25, 0.3) is 0 Å². The molecule has 0 aliphatic rings. The number of para-hydroxylation sites is 1. The third-order valence-corrected chi connectivity index (χ3v) is 5.57. The third kappa shape index (κ3) is 4.09. The van der Waals surface area contributed by atoms with Gasteiger partial charge in [0.1, 0.15) is 4.90 Å². The monoisotopic (exact) mass is 436 g/mol. The Balaban J connectivity index is 2.40. The van der Waals surface area contributed by atoms with Gasteiger partial charge in [-0.1, -0.05) is 29.8 Å².